The van der Waals surface area contributed by atoms with Crippen LogP contribution in [0.1, 0.15) is 19.3 Å². The summed E-state index contributed by atoms with van der Waals surface area (Å²) in [6, 6.07) is 0. The van der Waals surface area contributed by atoms with Crippen molar-refractivity contribution in [1.82, 2.24) is 5.32 Å². The molecule has 0 atom stereocenters. The zero-order valence-electron chi connectivity index (χ0n) is 7.58. The van der Waals surface area contributed by atoms with E-state index in [1.54, 1.807) is 0 Å². The van der Waals surface area contributed by atoms with E-state index in [1.165, 1.54) is 12.2 Å². The van der Waals surface area contributed by atoms with Crippen LogP contribution in [-0.2, 0) is 9.84 Å². The summed E-state index contributed by atoms with van der Waals surface area (Å²) in [5.74, 6) is 1.91. The van der Waals surface area contributed by atoms with Crippen molar-refractivity contribution in [2.75, 3.05) is 23.8 Å². The maximum atomic E-state index is 11.2. The van der Waals surface area contributed by atoms with Crippen molar-refractivity contribution in [3.05, 3.63) is 0 Å². The van der Waals surface area contributed by atoms with Crippen LogP contribution in [0.25, 0.3) is 0 Å². The second kappa shape index (κ2) is 3.44. The zero-order valence-corrected chi connectivity index (χ0v) is 9.22. The molecule has 13 heavy (non-hydrogen) atoms. The highest BCUT2D eigenvalue weighted by atomic mass is 32.2. The molecular formula is C8H15NO2S2. The average molecular weight is 221 g/mol. The molecule has 2 fully saturated rings. The molecule has 0 aromatic carbocycles. The summed E-state index contributed by atoms with van der Waals surface area (Å²) in [4.78, 5) is 0.101. The van der Waals surface area contributed by atoms with E-state index in [1.807, 2.05) is 11.8 Å². The molecule has 0 aromatic rings. The van der Waals surface area contributed by atoms with Crippen LogP contribution in [0, 0.1) is 0 Å². The Bertz CT molecular complexity index is 265. The molecule has 1 N–H and O–H groups in total. The van der Waals surface area contributed by atoms with Gasteiger partial charge in [-0.25, -0.2) is 8.42 Å². The fraction of sp³-hybridized carbons (Fsp3) is 1.00. The summed E-state index contributed by atoms with van der Waals surface area (Å²) in [7, 11) is -2.71. The molecule has 3 nitrogen and oxygen atoms in total. The van der Waals surface area contributed by atoms with Crippen LogP contribution in [0.4, 0.5) is 0 Å². The Labute approximate surface area is 83.6 Å². The van der Waals surface area contributed by atoms with Crippen molar-refractivity contribution in [1.29, 1.82) is 0 Å². The minimum atomic E-state index is -2.71. The summed E-state index contributed by atoms with van der Waals surface area (Å²) < 4.78 is 22.5. The van der Waals surface area contributed by atoms with Crippen LogP contribution in [0.3, 0.4) is 0 Å². The summed E-state index contributed by atoms with van der Waals surface area (Å²) in [5.41, 5.74) is 0. The van der Waals surface area contributed by atoms with Crippen molar-refractivity contribution >= 4 is 21.6 Å². The Hall–Kier alpha value is 0.260. The van der Waals surface area contributed by atoms with Crippen molar-refractivity contribution in [2.45, 2.75) is 24.1 Å². The molecule has 2 aliphatic heterocycles. The predicted octanol–water partition coefficient (Wildman–Crippen LogP) is 0.618. The van der Waals surface area contributed by atoms with E-state index >= 15 is 0 Å². The van der Waals surface area contributed by atoms with Gasteiger partial charge in [-0.1, -0.05) is 0 Å². The number of hydrogen-bond donors (Lipinski definition) is 1. The van der Waals surface area contributed by atoms with Gasteiger partial charge in [-0.3, -0.25) is 0 Å². The molecule has 0 saturated carbocycles. The lowest BCUT2D eigenvalue weighted by molar-refractivity contribution is 0.413. The highest BCUT2D eigenvalue weighted by Crippen LogP contribution is 2.36. The van der Waals surface area contributed by atoms with E-state index in [0.717, 1.165) is 19.4 Å². The topological polar surface area (TPSA) is 46.2 Å². The van der Waals surface area contributed by atoms with Crippen LogP contribution >= 0.6 is 11.8 Å². The lowest BCUT2D eigenvalue weighted by atomic mass is 10.1. The predicted molar refractivity (Wildman–Crippen MR) is 55.7 cm³/mol. The SMILES string of the molecule is O=S1(=O)CCC2(CC1)NCCCS2. The normalized spacial score (nSPS) is 31.7. The van der Waals surface area contributed by atoms with Gasteiger partial charge < -0.3 is 5.32 Å². The van der Waals surface area contributed by atoms with E-state index in [9.17, 15) is 8.42 Å². The van der Waals surface area contributed by atoms with Crippen molar-refractivity contribution in [3.8, 4) is 0 Å². The molecule has 2 aliphatic rings. The molecule has 0 aliphatic carbocycles. The van der Waals surface area contributed by atoms with Gasteiger partial charge in [0.15, 0.2) is 9.84 Å². The van der Waals surface area contributed by atoms with E-state index in [4.69, 9.17) is 0 Å². The Balaban J connectivity index is 2.03. The molecule has 1 spiro atoms. The van der Waals surface area contributed by atoms with Gasteiger partial charge in [0.25, 0.3) is 0 Å². The number of sulfone groups is 1. The smallest absolute Gasteiger partial charge is 0.150 e. The summed E-state index contributed by atoms with van der Waals surface area (Å²) >= 11 is 1.91. The molecule has 76 valence electrons. The van der Waals surface area contributed by atoms with Crippen LogP contribution in [0.5, 0.6) is 0 Å². The van der Waals surface area contributed by atoms with E-state index < -0.39 is 9.84 Å². The zero-order chi connectivity index (χ0) is 9.36. The maximum absolute atomic E-state index is 11.2. The number of hydrogen-bond acceptors (Lipinski definition) is 4. The molecular weight excluding hydrogens is 206 g/mol. The fourth-order valence-electron chi connectivity index (χ4n) is 1.90. The molecule has 0 aromatic heterocycles. The summed E-state index contributed by atoms with van der Waals surface area (Å²) in [6.45, 7) is 1.05. The molecule has 0 unspecified atom stereocenters. The highest BCUT2D eigenvalue weighted by molar-refractivity contribution is 8.00. The second-order valence-electron chi connectivity index (χ2n) is 3.77. The first-order chi connectivity index (χ1) is 6.12. The third-order valence-electron chi connectivity index (χ3n) is 2.78. The number of thioether (sulfide) groups is 1. The van der Waals surface area contributed by atoms with Gasteiger partial charge in [0.05, 0.1) is 16.4 Å². The third kappa shape index (κ3) is 2.19. The van der Waals surface area contributed by atoms with Crippen molar-refractivity contribution < 1.29 is 8.42 Å². The number of nitrogens with one attached hydrogen (secondary N) is 1. The van der Waals surface area contributed by atoms with Crippen LogP contribution in [0.15, 0.2) is 0 Å². The number of rotatable bonds is 0. The van der Waals surface area contributed by atoms with Crippen molar-refractivity contribution in [3.63, 3.8) is 0 Å². The summed E-state index contributed by atoms with van der Waals surface area (Å²) in [5, 5.41) is 3.47. The largest absolute Gasteiger partial charge is 0.303 e. The third-order valence-corrected chi connectivity index (χ3v) is 6.03. The molecule has 2 saturated heterocycles. The first-order valence-corrected chi connectivity index (χ1v) is 7.52. The Kier molecular flexibility index (Phi) is 2.59. The van der Waals surface area contributed by atoms with Crippen LogP contribution in [0.2, 0.25) is 0 Å². The molecule has 2 rings (SSSR count). The van der Waals surface area contributed by atoms with Gasteiger partial charge in [0.2, 0.25) is 0 Å². The van der Waals surface area contributed by atoms with Crippen LogP contribution < -0.4 is 5.32 Å². The lowest BCUT2D eigenvalue weighted by Gasteiger charge is -2.40. The monoisotopic (exact) mass is 221 g/mol. The van der Waals surface area contributed by atoms with Gasteiger partial charge >= 0.3 is 0 Å². The van der Waals surface area contributed by atoms with Gasteiger partial charge in [0, 0.05) is 0 Å². The van der Waals surface area contributed by atoms with E-state index in [-0.39, 0.29) is 4.87 Å². The van der Waals surface area contributed by atoms with Crippen LogP contribution in [-0.4, -0.2) is 37.1 Å². The Morgan fingerprint density at radius 2 is 1.92 bits per heavy atom. The maximum Gasteiger partial charge on any atom is 0.150 e. The molecule has 5 heteroatoms. The lowest BCUT2D eigenvalue weighted by Crippen LogP contribution is -2.51. The Morgan fingerprint density at radius 1 is 1.23 bits per heavy atom. The fourth-order valence-corrected chi connectivity index (χ4v) is 5.05. The second-order valence-corrected chi connectivity index (χ2v) is 7.56. The molecule has 0 radical (unpaired) electrons. The van der Waals surface area contributed by atoms with Gasteiger partial charge in [-0.2, -0.15) is 0 Å². The van der Waals surface area contributed by atoms with E-state index in [0.29, 0.717) is 11.5 Å². The minimum absolute atomic E-state index is 0.101. The van der Waals surface area contributed by atoms with Crippen molar-refractivity contribution in [2.24, 2.45) is 0 Å². The molecule has 0 bridgehead atoms. The quantitative estimate of drug-likeness (QED) is 0.651. The first-order valence-electron chi connectivity index (χ1n) is 4.71. The first kappa shape index (κ1) is 9.80. The minimum Gasteiger partial charge on any atom is -0.303 e. The Morgan fingerprint density at radius 3 is 2.46 bits per heavy atom. The van der Waals surface area contributed by atoms with E-state index in [2.05, 4.69) is 5.32 Å². The highest BCUT2D eigenvalue weighted by Gasteiger charge is 2.38. The van der Waals surface area contributed by atoms with Gasteiger partial charge in [0.1, 0.15) is 0 Å². The summed E-state index contributed by atoms with van der Waals surface area (Å²) in [6.07, 6.45) is 2.79. The van der Waals surface area contributed by atoms with Gasteiger partial charge in [-0.05, 0) is 31.6 Å². The average Bonchev–Trinajstić information content (AvgIpc) is 2.13. The molecule has 2 heterocycles. The standard InChI is InChI=1S/C8H15NO2S2/c10-13(11)6-2-8(3-7-13)9-4-1-5-12-8/h9H,1-7H2. The van der Waals surface area contributed by atoms with Gasteiger partial charge in [-0.15, -0.1) is 11.8 Å². The molecule has 0 amide bonds.